The van der Waals surface area contributed by atoms with Crippen molar-refractivity contribution in [2.24, 2.45) is 11.8 Å². The van der Waals surface area contributed by atoms with Gasteiger partial charge in [0.1, 0.15) is 11.2 Å². The summed E-state index contributed by atoms with van der Waals surface area (Å²) in [5, 5.41) is 12.2. The van der Waals surface area contributed by atoms with E-state index in [1.807, 2.05) is 109 Å². The van der Waals surface area contributed by atoms with Gasteiger partial charge in [0, 0.05) is 19.9 Å². The fourth-order valence-electron chi connectivity index (χ4n) is 6.22. The zero-order chi connectivity index (χ0) is 42.7. The van der Waals surface area contributed by atoms with E-state index in [2.05, 4.69) is 5.32 Å². The number of cyclic esters (lactones) is 2. The van der Waals surface area contributed by atoms with Crippen LogP contribution in [0.25, 0.3) is 22.3 Å². The number of hydrogen-bond acceptors (Lipinski definition) is 9. The highest BCUT2D eigenvalue weighted by molar-refractivity contribution is 5.96. The van der Waals surface area contributed by atoms with Crippen LogP contribution in [0.15, 0.2) is 109 Å². The number of carbonyl (C=O) groups excluding carboxylic acids is 4. The molecule has 1 saturated heterocycles. The normalized spacial score (nSPS) is 15.0. The maximum Gasteiger partial charge on any atom is 0.407 e. The van der Waals surface area contributed by atoms with E-state index in [4.69, 9.17) is 18.9 Å². The third kappa shape index (κ3) is 14.8. The Kier molecular flexibility index (Phi) is 15.0. The van der Waals surface area contributed by atoms with Crippen molar-refractivity contribution in [3.05, 3.63) is 120 Å². The minimum absolute atomic E-state index is 0.0351. The second kappa shape index (κ2) is 19.5. The molecule has 58 heavy (non-hydrogen) atoms. The zero-order valence-electron chi connectivity index (χ0n) is 34.6. The van der Waals surface area contributed by atoms with Crippen LogP contribution in [-0.4, -0.2) is 58.1 Å². The van der Waals surface area contributed by atoms with Crippen molar-refractivity contribution in [2.45, 2.75) is 104 Å². The smallest absolute Gasteiger partial charge is 0.407 e. The van der Waals surface area contributed by atoms with E-state index < -0.39 is 64.8 Å². The van der Waals surface area contributed by atoms with Crippen LogP contribution < -0.4 is 5.32 Å². The quantitative estimate of drug-likeness (QED) is 0.0807. The van der Waals surface area contributed by atoms with Crippen molar-refractivity contribution in [2.75, 3.05) is 0 Å². The molecule has 2 N–H and O–H groups in total. The van der Waals surface area contributed by atoms with Gasteiger partial charge in [-0.1, -0.05) is 109 Å². The van der Waals surface area contributed by atoms with Gasteiger partial charge in [0.25, 0.3) is 5.79 Å². The molecule has 1 fully saturated rings. The number of benzene rings is 4. The molecule has 2 atom stereocenters. The Hall–Kier alpha value is -5.97. The number of hydrogen-bond donors (Lipinski definition) is 2. The lowest BCUT2D eigenvalue weighted by molar-refractivity contribution is -0.240. The summed E-state index contributed by atoms with van der Waals surface area (Å²) < 4.78 is 21.1. The first-order chi connectivity index (χ1) is 27.2. The Morgan fingerprint density at radius 1 is 0.655 bits per heavy atom. The predicted molar refractivity (Wildman–Crippen MR) is 220 cm³/mol. The summed E-state index contributed by atoms with van der Waals surface area (Å²) in [6.45, 7) is 13.6. The maximum atomic E-state index is 12.5. The summed E-state index contributed by atoms with van der Waals surface area (Å²) in [5.74, 6) is -6.01. The van der Waals surface area contributed by atoms with Crippen molar-refractivity contribution in [3.8, 4) is 22.3 Å². The van der Waals surface area contributed by atoms with Crippen molar-refractivity contribution < 1.29 is 48.0 Å². The fraction of sp³-hybridized carbons (Fsp3) is 0.383. The van der Waals surface area contributed by atoms with Gasteiger partial charge in [-0.05, 0) is 94.2 Å². The number of amides is 1. The van der Waals surface area contributed by atoms with E-state index in [1.54, 1.807) is 41.5 Å². The first kappa shape index (κ1) is 44.7. The predicted octanol–water partition coefficient (Wildman–Crippen LogP) is 8.96. The molecule has 11 heteroatoms. The lowest BCUT2D eigenvalue weighted by Gasteiger charge is -2.34. The standard InChI is InChI=1S/C26H31NO6.C21H24O4/c1-25(2,3)33-24(30)27-20(16-21-22(28)31-26(4,5)32-23(21)29)15-17-11-13-19(14-12-17)18-9-7-6-8-10-18;1-21(2,3)25-19(22)14-18(20(23)24)13-15-9-11-17(12-10-15)16-7-5-4-6-8-16/h6-14,20-21H,15-16H2,1-5H3,(H,27,30);4-12,18H,13-14H2,1-3H3,(H,23,24)/t20-;18-/m10/s1. The SMILES string of the molecule is CC(C)(C)OC(=O)C[C@H](Cc1ccc(-c2ccccc2)cc1)C(=O)O.CC(C)(C)OC(=O)N[C@H](Cc1ccc(-c2ccccc2)cc1)CC1C(=O)OC(C)(C)OC1=O. The van der Waals surface area contributed by atoms with E-state index in [1.165, 1.54) is 13.8 Å². The highest BCUT2D eigenvalue weighted by atomic mass is 16.7. The van der Waals surface area contributed by atoms with Gasteiger partial charge >= 0.3 is 30.0 Å². The molecule has 0 bridgehead atoms. The van der Waals surface area contributed by atoms with Crippen LogP contribution in [0.2, 0.25) is 0 Å². The van der Waals surface area contributed by atoms with Crippen LogP contribution in [0.5, 0.6) is 0 Å². The number of aliphatic carboxylic acids is 1. The van der Waals surface area contributed by atoms with Crippen LogP contribution in [0.3, 0.4) is 0 Å². The topological polar surface area (TPSA) is 155 Å². The molecule has 4 aromatic rings. The summed E-state index contributed by atoms with van der Waals surface area (Å²) >= 11 is 0. The van der Waals surface area contributed by atoms with E-state index in [0.29, 0.717) is 12.8 Å². The average molecular weight is 794 g/mol. The minimum atomic E-state index is -1.30. The van der Waals surface area contributed by atoms with Gasteiger partial charge in [-0.15, -0.1) is 0 Å². The summed E-state index contributed by atoms with van der Waals surface area (Å²) in [5.41, 5.74) is 4.88. The molecule has 11 nitrogen and oxygen atoms in total. The fourth-order valence-corrected chi connectivity index (χ4v) is 6.22. The Morgan fingerprint density at radius 2 is 1.07 bits per heavy atom. The van der Waals surface area contributed by atoms with E-state index in [9.17, 15) is 29.1 Å². The van der Waals surface area contributed by atoms with Crippen molar-refractivity contribution in [1.82, 2.24) is 5.32 Å². The lowest BCUT2D eigenvalue weighted by atomic mass is 9.93. The molecule has 1 aliphatic heterocycles. The molecule has 1 heterocycles. The molecule has 308 valence electrons. The van der Waals surface area contributed by atoms with Crippen molar-refractivity contribution in [3.63, 3.8) is 0 Å². The van der Waals surface area contributed by atoms with Gasteiger partial charge < -0.3 is 29.4 Å². The molecular formula is C47H55NO10. The molecule has 5 rings (SSSR count). The number of ether oxygens (including phenoxy) is 4. The van der Waals surface area contributed by atoms with Gasteiger partial charge in [0.15, 0.2) is 5.92 Å². The number of rotatable bonds is 12. The number of alkyl carbamates (subject to hydrolysis) is 1. The van der Waals surface area contributed by atoms with Crippen LogP contribution >= 0.6 is 0 Å². The molecule has 0 saturated carbocycles. The van der Waals surface area contributed by atoms with E-state index in [-0.39, 0.29) is 12.8 Å². The highest BCUT2D eigenvalue weighted by Crippen LogP contribution is 2.28. The van der Waals surface area contributed by atoms with Gasteiger partial charge in [-0.25, -0.2) is 4.79 Å². The van der Waals surface area contributed by atoms with Crippen LogP contribution in [-0.2, 0) is 51.0 Å². The third-order valence-corrected chi connectivity index (χ3v) is 8.77. The second-order valence-electron chi connectivity index (χ2n) is 16.7. The largest absolute Gasteiger partial charge is 0.481 e. The number of carbonyl (C=O) groups is 5. The first-order valence-corrected chi connectivity index (χ1v) is 19.3. The van der Waals surface area contributed by atoms with Gasteiger partial charge in [0.2, 0.25) is 0 Å². The zero-order valence-corrected chi connectivity index (χ0v) is 34.6. The number of carboxylic acids is 1. The Morgan fingerprint density at radius 3 is 1.48 bits per heavy atom. The number of carboxylic acid groups (broad SMARTS) is 1. The first-order valence-electron chi connectivity index (χ1n) is 19.3. The van der Waals surface area contributed by atoms with E-state index in [0.717, 1.165) is 33.4 Å². The average Bonchev–Trinajstić information content (AvgIpc) is 3.12. The Labute approximate surface area is 341 Å². The van der Waals surface area contributed by atoms with Crippen LogP contribution in [0, 0.1) is 11.8 Å². The van der Waals surface area contributed by atoms with Crippen LogP contribution in [0.1, 0.15) is 79.4 Å². The van der Waals surface area contributed by atoms with Crippen molar-refractivity contribution in [1.29, 1.82) is 0 Å². The molecule has 0 unspecified atom stereocenters. The highest BCUT2D eigenvalue weighted by Gasteiger charge is 2.44. The Bertz CT molecular complexity index is 1980. The second-order valence-corrected chi connectivity index (χ2v) is 16.7. The number of nitrogens with one attached hydrogen (secondary N) is 1. The lowest BCUT2D eigenvalue weighted by Crippen LogP contribution is -2.49. The summed E-state index contributed by atoms with van der Waals surface area (Å²) in [6, 6.07) is 35.1. The molecule has 1 aliphatic rings. The van der Waals surface area contributed by atoms with Gasteiger partial charge in [-0.2, -0.15) is 0 Å². The summed E-state index contributed by atoms with van der Waals surface area (Å²) in [4.78, 5) is 60.8. The monoisotopic (exact) mass is 793 g/mol. The molecule has 0 radical (unpaired) electrons. The summed E-state index contributed by atoms with van der Waals surface area (Å²) in [6.07, 6.45) is -0.0231. The minimum Gasteiger partial charge on any atom is -0.481 e. The van der Waals surface area contributed by atoms with Crippen LogP contribution in [0.4, 0.5) is 4.79 Å². The molecular weight excluding hydrogens is 739 g/mol. The van der Waals surface area contributed by atoms with Gasteiger partial charge in [-0.3, -0.25) is 19.2 Å². The molecule has 4 aromatic carbocycles. The summed E-state index contributed by atoms with van der Waals surface area (Å²) in [7, 11) is 0. The van der Waals surface area contributed by atoms with Crippen molar-refractivity contribution >= 4 is 30.0 Å². The molecule has 0 aliphatic carbocycles. The van der Waals surface area contributed by atoms with Gasteiger partial charge in [0.05, 0.1) is 12.3 Å². The third-order valence-electron chi connectivity index (χ3n) is 8.77. The maximum absolute atomic E-state index is 12.5. The van der Waals surface area contributed by atoms with E-state index >= 15 is 0 Å². The number of esters is 3. The molecule has 1 amide bonds. The molecule has 0 aromatic heterocycles. The Balaban J connectivity index is 0.000000267. The molecule has 0 spiro atoms.